The maximum absolute atomic E-state index is 4.29. The molecular weight excluding hydrogens is 226 g/mol. The molecule has 1 atom stereocenters. The standard InChI is InChI=1S/C10H17N3S2/c1-7(2)11-5-9-12-13-10(15-9)8-3-4-14-6-8/h7-8,11H,3-6H2,1-2H3. The number of aromatic nitrogens is 2. The van der Waals surface area contributed by atoms with E-state index in [2.05, 4.69) is 29.4 Å². The topological polar surface area (TPSA) is 37.8 Å². The van der Waals surface area contributed by atoms with E-state index in [1.807, 2.05) is 11.8 Å². The normalized spacial score (nSPS) is 21.4. The molecular formula is C10H17N3S2. The van der Waals surface area contributed by atoms with Gasteiger partial charge in [-0.3, -0.25) is 0 Å². The maximum atomic E-state index is 4.29. The Morgan fingerprint density at radius 2 is 2.33 bits per heavy atom. The van der Waals surface area contributed by atoms with Gasteiger partial charge >= 0.3 is 0 Å². The number of hydrogen-bond donors (Lipinski definition) is 1. The second-order valence-electron chi connectivity index (χ2n) is 4.13. The van der Waals surface area contributed by atoms with Crippen molar-refractivity contribution < 1.29 is 0 Å². The number of nitrogens with one attached hydrogen (secondary N) is 1. The summed E-state index contributed by atoms with van der Waals surface area (Å²) in [4.78, 5) is 0. The SMILES string of the molecule is CC(C)NCc1nnc(C2CCSC2)s1. The highest BCUT2D eigenvalue weighted by Crippen LogP contribution is 2.33. The van der Waals surface area contributed by atoms with Crippen molar-refractivity contribution in [3.63, 3.8) is 0 Å². The summed E-state index contributed by atoms with van der Waals surface area (Å²) in [7, 11) is 0. The molecule has 0 radical (unpaired) electrons. The lowest BCUT2D eigenvalue weighted by Gasteiger charge is -2.04. The Morgan fingerprint density at radius 1 is 1.47 bits per heavy atom. The van der Waals surface area contributed by atoms with Gasteiger partial charge in [0.2, 0.25) is 0 Å². The van der Waals surface area contributed by atoms with Crippen LogP contribution in [0.3, 0.4) is 0 Å². The van der Waals surface area contributed by atoms with Crippen molar-refractivity contribution >= 4 is 23.1 Å². The molecule has 1 aromatic rings. The number of hydrogen-bond acceptors (Lipinski definition) is 5. The molecule has 0 amide bonds. The van der Waals surface area contributed by atoms with E-state index >= 15 is 0 Å². The van der Waals surface area contributed by atoms with Crippen LogP contribution in [0.5, 0.6) is 0 Å². The van der Waals surface area contributed by atoms with E-state index in [1.54, 1.807) is 11.3 Å². The first-order valence-corrected chi connectivity index (χ1v) is 7.36. The lowest BCUT2D eigenvalue weighted by Crippen LogP contribution is -2.21. The van der Waals surface area contributed by atoms with E-state index < -0.39 is 0 Å². The minimum Gasteiger partial charge on any atom is -0.308 e. The van der Waals surface area contributed by atoms with Gasteiger partial charge in [-0.15, -0.1) is 10.2 Å². The Kier molecular flexibility index (Phi) is 3.99. The minimum atomic E-state index is 0.513. The van der Waals surface area contributed by atoms with Gasteiger partial charge in [0.25, 0.3) is 0 Å². The zero-order chi connectivity index (χ0) is 10.7. The molecule has 1 aliphatic rings. The molecule has 1 aromatic heterocycles. The van der Waals surface area contributed by atoms with Crippen LogP contribution in [0.4, 0.5) is 0 Å². The van der Waals surface area contributed by atoms with Crippen molar-refractivity contribution in [3.8, 4) is 0 Å². The Hall–Kier alpha value is -0.130. The molecule has 3 nitrogen and oxygen atoms in total. The van der Waals surface area contributed by atoms with Crippen molar-refractivity contribution in [1.29, 1.82) is 0 Å². The van der Waals surface area contributed by atoms with Crippen LogP contribution in [0.25, 0.3) is 0 Å². The minimum absolute atomic E-state index is 0.513. The first-order chi connectivity index (χ1) is 7.25. The van der Waals surface area contributed by atoms with Gasteiger partial charge < -0.3 is 5.32 Å². The number of thioether (sulfide) groups is 1. The largest absolute Gasteiger partial charge is 0.308 e. The zero-order valence-corrected chi connectivity index (χ0v) is 10.8. The van der Waals surface area contributed by atoms with Gasteiger partial charge in [-0.25, -0.2) is 0 Å². The quantitative estimate of drug-likeness (QED) is 0.880. The van der Waals surface area contributed by atoms with E-state index in [9.17, 15) is 0 Å². The van der Waals surface area contributed by atoms with Crippen LogP contribution in [-0.4, -0.2) is 27.7 Å². The molecule has 84 valence electrons. The maximum Gasteiger partial charge on any atom is 0.131 e. The van der Waals surface area contributed by atoms with E-state index in [4.69, 9.17) is 0 Å². The summed E-state index contributed by atoms with van der Waals surface area (Å²) < 4.78 is 0. The summed E-state index contributed by atoms with van der Waals surface area (Å²) in [5.74, 6) is 3.18. The van der Waals surface area contributed by atoms with Crippen LogP contribution in [0, 0.1) is 0 Å². The van der Waals surface area contributed by atoms with Crippen LogP contribution >= 0.6 is 23.1 Å². The summed E-state index contributed by atoms with van der Waals surface area (Å²) in [5.41, 5.74) is 0. The molecule has 1 fully saturated rings. The van der Waals surface area contributed by atoms with E-state index in [0.717, 1.165) is 11.6 Å². The third-order valence-electron chi connectivity index (χ3n) is 2.42. The van der Waals surface area contributed by atoms with Crippen LogP contribution in [0.1, 0.15) is 36.2 Å². The van der Waals surface area contributed by atoms with Crippen LogP contribution in [0.15, 0.2) is 0 Å². The third-order valence-corrected chi connectivity index (χ3v) is 4.67. The van der Waals surface area contributed by atoms with Gasteiger partial charge in [0.15, 0.2) is 0 Å². The highest BCUT2D eigenvalue weighted by atomic mass is 32.2. The number of nitrogens with zero attached hydrogens (tertiary/aromatic N) is 2. The zero-order valence-electron chi connectivity index (χ0n) is 9.19. The Labute approximate surface area is 99.1 Å². The summed E-state index contributed by atoms with van der Waals surface area (Å²) in [5, 5.41) is 14.2. The molecule has 1 N–H and O–H groups in total. The van der Waals surface area contributed by atoms with Gasteiger partial charge in [0, 0.05) is 24.3 Å². The van der Waals surface area contributed by atoms with Crippen molar-refractivity contribution in [2.24, 2.45) is 0 Å². The predicted octanol–water partition coefficient (Wildman–Crippen LogP) is 2.26. The van der Waals surface area contributed by atoms with E-state index in [-0.39, 0.29) is 0 Å². The van der Waals surface area contributed by atoms with Gasteiger partial charge in [-0.05, 0) is 12.2 Å². The van der Waals surface area contributed by atoms with E-state index in [0.29, 0.717) is 12.0 Å². The van der Waals surface area contributed by atoms with Crippen LogP contribution in [0.2, 0.25) is 0 Å². The van der Waals surface area contributed by atoms with Crippen molar-refractivity contribution in [1.82, 2.24) is 15.5 Å². The highest BCUT2D eigenvalue weighted by Gasteiger charge is 2.21. The summed E-state index contributed by atoms with van der Waals surface area (Å²) in [6, 6.07) is 0.513. The first kappa shape index (κ1) is 11.4. The van der Waals surface area contributed by atoms with Crippen molar-refractivity contribution in [2.45, 2.75) is 38.8 Å². The number of rotatable bonds is 4. The lowest BCUT2D eigenvalue weighted by atomic mass is 10.1. The van der Waals surface area contributed by atoms with E-state index in [1.165, 1.54) is 22.9 Å². The van der Waals surface area contributed by atoms with Gasteiger partial charge in [-0.1, -0.05) is 25.2 Å². The van der Waals surface area contributed by atoms with Gasteiger partial charge in [0.05, 0.1) is 0 Å². The molecule has 5 heteroatoms. The second kappa shape index (κ2) is 5.27. The molecule has 0 saturated carbocycles. The highest BCUT2D eigenvalue weighted by molar-refractivity contribution is 7.99. The fourth-order valence-electron chi connectivity index (χ4n) is 1.52. The second-order valence-corrected chi connectivity index (χ2v) is 6.37. The van der Waals surface area contributed by atoms with Gasteiger partial charge in [-0.2, -0.15) is 11.8 Å². The fourth-order valence-corrected chi connectivity index (χ4v) is 3.78. The first-order valence-electron chi connectivity index (χ1n) is 5.39. The molecule has 1 saturated heterocycles. The molecule has 0 aromatic carbocycles. The summed E-state index contributed by atoms with van der Waals surface area (Å²) >= 11 is 3.80. The summed E-state index contributed by atoms with van der Waals surface area (Å²) in [6.45, 7) is 5.15. The molecule has 15 heavy (non-hydrogen) atoms. The molecule has 0 spiro atoms. The monoisotopic (exact) mass is 243 g/mol. The molecule has 1 aliphatic heterocycles. The van der Waals surface area contributed by atoms with Crippen molar-refractivity contribution in [3.05, 3.63) is 10.0 Å². The average Bonchev–Trinajstić information content (AvgIpc) is 2.85. The molecule has 1 unspecified atom stereocenters. The van der Waals surface area contributed by atoms with Crippen LogP contribution in [-0.2, 0) is 6.54 Å². The molecule has 2 heterocycles. The van der Waals surface area contributed by atoms with Crippen molar-refractivity contribution in [2.75, 3.05) is 11.5 Å². The van der Waals surface area contributed by atoms with Gasteiger partial charge in [0.1, 0.15) is 10.0 Å². The predicted molar refractivity (Wildman–Crippen MR) is 66.6 cm³/mol. The van der Waals surface area contributed by atoms with Crippen LogP contribution < -0.4 is 5.32 Å². The smallest absolute Gasteiger partial charge is 0.131 e. The Morgan fingerprint density at radius 3 is 3.00 bits per heavy atom. The fraction of sp³-hybridized carbons (Fsp3) is 0.800. The summed E-state index contributed by atoms with van der Waals surface area (Å²) in [6.07, 6.45) is 1.27. The Balaban J connectivity index is 1.91. The molecule has 0 bridgehead atoms. The third kappa shape index (κ3) is 3.16. The Bertz CT molecular complexity index is 305. The molecule has 2 rings (SSSR count). The lowest BCUT2D eigenvalue weighted by molar-refractivity contribution is 0.584. The average molecular weight is 243 g/mol. The molecule has 0 aliphatic carbocycles.